The van der Waals surface area contributed by atoms with Crippen molar-refractivity contribution >= 4 is 11.5 Å². The molecule has 0 spiro atoms. The lowest BCUT2D eigenvalue weighted by Crippen LogP contribution is -2.35. The molecule has 7 nitrogen and oxygen atoms in total. The van der Waals surface area contributed by atoms with Gasteiger partial charge in [-0.1, -0.05) is 27.7 Å². The topological polar surface area (TPSA) is 76.2 Å². The number of likely N-dealkylation sites (N-methyl/N-ethyl adjacent to an activating group) is 1. The van der Waals surface area contributed by atoms with E-state index < -0.39 is 0 Å². The molecule has 1 aromatic rings. The van der Waals surface area contributed by atoms with Gasteiger partial charge in [-0.15, -0.1) is 0 Å². The first-order chi connectivity index (χ1) is 9.81. The van der Waals surface area contributed by atoms with E-state index in [1.807, 2.05) is 20.8 Å². The Morgan fingerprint density at radius 2 is 1.90 bits per heavy atom. The van der Waals surface area contributed by atoms with Crippen molar-refractivity contribution in [3.05, 3.63) is 15.8 Å². The van der Waals surface area contributed by atoms with Gasteiger partial charge in [0.05, 0.1) is 4.92 Å². The van der Waals surface area contributed by atoms with E-state index in [0.717, 1.165) is 19.6 Å². The summed E-state index contributed by atoms with van der Waals surface area (Å²) in [7, 11) is 1.74. The van der Waals surface area contributed by atoms with Crippen molar-refractivity contribution < 1.29 is 4.92 Å². The molecule has 1 N–H and O–H groups in total. The predicted molar refractivity (Wildman–Crippen MR) is 84.8 cm³/mol. The molecule has 0 aliphatic carbocycles. The summed E-state index contributed by atoms with van der Waals surface area (Å²) in [5.74, 6) is 0.508. The van der Waals surface area contributed by atoms with E-state index in [9.17, 15) is 10.1 Å². The maximum absolute atomic E-state index is 11.4. The highest BCUT2D eigenvalue weighted by Gasteiger charge is 2.29. The Labute approximate surface area is 126 Å². The van der Waals surface area contributed by atoms with Crippen LogP contribution in [0.15, 0.2) is 0 Å². The normalized spacial score (nSPS) is 13.0. The van der Waals surface area contributed by atoms with Crippen LogP contribution in [0.4, 0.5) is 11.5 Å². The molecular weight excluding hydrogens is 270 g/mol. The second kappa shape index (κ2) is 7.40. The van der Waals surface area contributed by atoms with E-state index in [0.29, 0.717) is 11.5 Å². The average Bonchev–Trinajstić information content (AvgIpc) is 2.73. The molecule has 1 atom stereocenters. The molecule has 0 saturated carbocycles. The zero-order valence-electron chi connectivity index (χ0n) is 13.9. The monoisotopic (exact) mass is 297 g/mol. The number of anilines is 1. The highest BCUT2D eigenvalue weighted by molar-refractivity contribution is 5.61. The highest BCUT2D eigenvalue weighted by atomic mass is 16.6. The van der Waals surface area contributed by atoms with E-state index in [4.69, 9.17) is 0 Å². The van der Waals surface area contributed by atoms with Gasteiger partial charge < -0.3 is 10.2 Å². The molecule has 21 heavy (non-hydrogen) atoms. The third kappa shape index (κ3) is 4.17. The molecule has 0 radical (unpaired) electrons. The minimum atomic E-state index is -0.338. The third-order valence-corrected chi connectivity index (χ3v) is 3.59. The van der Waals surface area contributed by atoms with Crippen molar-refractivity contribution in [1.29, 1.82) is 0 Å². The summed E-state index contributed by atoms with van der Waals surface area (Å²) in [6.07, 6.45) is 0. The number of rotatable bonds is 8. The molecule has 1 unspecified atom stereocenters. The van der Waals surface area contributed by atoms with E-state index in [1.165, 1.54) is 0 Å². The lowest BCUT2D eigenvalue weighted by atomic mass is 10.1. The van der Waals surface area contributed by atoms with Crippen molar-refractivity contribution in [2.75, 3.05) is 25.0 Å². The first-order valence-corrected chi connectivity index (χ1v) is 7.51. The van der Waals surface area contributed by atoms with Crippen LogP contribution in [0.2, 0.25) is 0 Å². The molecule has 1 aromatic heterocycles. The summed E-state index contributed by atoms with van der Waals surface area (Å²) >= 11 is 0. The minimum absolute atomic E-state index is 0.0187. The van der Waals surface area contributed by atoms with Gasteiger partial charge in [0.2, 0.25) is 5.82 Å². The van der Waals surface area contributed by atoms with Crippen LogP contribution in [-0.4, -0.2) is 45.3 Å². The van der Waals surface area contributed by atoms with Gasteiger partial charge in [0.15, 0.2) is 0 Å². The number of aromatic nitrogens is 2. The molecule has 120 valence electrons. The Morgan fingerprint density at radius 1 is 1.33 bits per heavy atom. The van der Waals surface area contributed by atoms with E-state index in [2.05, 4.69) is 29.2 Å². The molecule has 0 aliphatic heterocycles. The first-order valence-electron chi connectivity index (χ1n) is 7.51. The lowest BCUT2D eigenvalue weighted by Gasteiger charge is -2.23. The van der Waals surface area contributed by atoms with Gasteiger partial charge in [0, 0.05) is 25.6 Å². The summed E-state index contributed by atoms with van der Waals surface area (Å²) in [5, 5.41) is 18.9. The van der Waals surface area contributed by atoms with Crippen LogP contribution in [0.25, 0.3) is 0 Å². The van der Waals surface area contributed by atoms with Gasteiger partial charge in [0.25, 0.3) is 0 Å². The Morgan fingerprint density at radius 3 is 2.33 bits per heavy atom. The van der Waals surface area contributed by atoms with Crippen LogP contribution < -0.4 is 5.32 Å². The van der Waals surface area contributed by atoms with Crippen LogP contribution in [0.3, 0.4) is 0 Å². The molecular formula is C14H27N5O2. The molecule has 0 fully saturated rings. The zero-order chi connectivity index (χ0) is 16.2. The molecule has 0 bridgehead atoms. The van der Waals surface area contributed by atoms with E-state index in [1.54, 1.807) is 11.7 Å². The number of nitro groups is 1. The molecule has 1 heterocycles. The molecule has 0 aromatic carbocycles. The van der Waals surface area contributed by atoms with E-state index in [-0.39, 0.29) is 22.6 Å². The van der Waals surface area contributed by atoms with Crippen LogP contribution in [0.1, 0.15) is 46.2 Å². The zero-order valence-corrected chi connectivity index (χ0v) is 13.9. The summed E-state index contributed by atoms with van der Waals surface area (Å²) in [6.45, 7) is 12.9. The summed E-state index contributed by atoms with van der Waals surface area (Å²) in [6, 6.07) is 0.110. The van der Waals surface area contributed by atoms with Gasteiger partial charge in [-0.25, -0.2) is 4.68 Å². The maximum atomic E-state index is 11.4. The van der Waals surface area contributed by atoms with Crippen molar-refractivity contribution in [2.45, 2.75) is 46.6 Å². The molecule has 0 saturated heterocycles. The largest absolute Gasteiger partial charge is 0.361 e. The number of nitrogens with one attached hydrogen (secondary N) is 1. The number of nitrogens with zero attached hydrogens (tertiary/aromatic N) is 4. The van der Waals surface area contributed by atoms with Crippen LogP contribution in [-0.2, 0) is 7.05 Å². The van der Waals surface area contributed by atoms with Gasteiger partial charge in [-0.05, 0) is 20.0 Å². The van der Waals surface area contributed by atoms with Gasteiger partial charge >= 0.3 is 5.69 Å². The number of aryl methyl sites for hydroxylation is 1. The SMILES string of the molecule is CCN(CC)CC(C)Nc1c([N+](=O)[O-])c(C(C)C)nn1C. The van der Waals surface area contributed by atoms with Crippen LogP contribution >= 0.6 is 0 Å². The standard InChI is InChI=1S/C14H27N5O2/c1-7-18(8-2)9-11(5)15-14-13(19(20)21)12(10(3)4)16-17(14)6/h10-11,15H,7-9H2,1-6H3. The van der Waals surface area contributed by atoms with Crippen LogP contribution in [0.5, 0.6) is 0 Å². The van der Waals surface area contributed by atoms with Crippen molar-refractivity contribution in [3.63, 3.8) is 0 Å². The Balaban J connectivity index is 2.99. The Bertz CT molecular complexity index is 480. The molecule has 7 heteroatoms. The summed E-state index contributed by atoms with van der Waals surface area (Å²) in [5.41, 5.74) is 0.624. The second-order valence-corrected chi connectivity index (χ2v) is 5.65. The lowest BCUT2D eigenvalue weighted by molar-refractivity contribution is -0.384. The molecule has 0 amide bonds. The van der Waals surface area contributed by atoms with Crippen molar-refractivity contribution in [2.24, 2.45) is 7.05 Å². The molecule has 1 rings (SSSR count). The predicted octanol–water partition coefficient (Wildman–Crippen LogP) is 2.59. The summed E-state index contributed by atoms with van der Waals surface area (Å²) < 4.78 is 1.58. The van der Waals surface area contributed by atoms with Crippen molar-refractivity contribution in [3.8, 4) is 0 Å². The van der Waals surface area contributed by atoms with Gasteiger partial charge in [-0.3, -0.25) is 10.1 Å². The van der Waals surface area contributed by atoms with Gasteiger partial charge in [-0.2, -0.15) is 5.10 Å². The van der Waals surface area contributed by atoms with Crippen molar-refractivity contribution in [1.82, 2.24) is 14.7 Å². The minimum Gasteiger partial charge on any atom is -0.361 e. The van der Waals surface area contributed by atoms with Gasteiger partial charge in [0.1, 0.15) is 5.69 Å². The highest BCUT2D eigenvalue weighted by Crippen LogP contribution is 2.33. The van der Waals surface area contributed by atoms with E-state index >= 15 is 0 Å². The maximum Gasteiger partial charge on any atom is 0.334 e. The van der Waals surface area contributed by atoms with Crippen LogP contribution in [0, 0.1) is 10.1 Å². The smallest absolute Gasteiger partial charge is 0.334 e. The number of hydrogen-bond donors (Lipinski definition) is 1. The summed E-state index contributed by atoms with van der Waals surface area (Å²) in [4.78, 5) is 13.3. The number of hydrogen-bond acceptors (Lipinski definition) is 5. The fourth-order valence-corrected chi connectivity index (χ4v) is 2.41. The fraction of sp³-hybridized carbons (Fsp3) is 0.786. The molecule has 0 aliphatic rings. The average molecular weight is 297 g/mol. The third-order valence-electron chi connectivity index (χ3n) is 3.59. The Kier molecular flexibility index (Phi) is 6.14. The quantitative estimate of drug-likeness (QED) is 0.589. The first kappa shape index (κ1) is 17.4. The Hall–Kier alpha value is -1.63. The second-order valence-electron chi connectivity index (χ2n) is 5.65. The fourth-order valence-electron chi connectivity index (χ4n) is 2.41.